The van der Waals surface area contributed by atoms with Crippen LogP contribution in [0.5, 0.6) is 0 Å². The van der Waals surface area contributed by atoms with Crippen LogP contribution >= 0.6 is 58.0 Å². The monoisotopic (exact) mass is 577 g/mol. The predicted octanol–water partition coefficient (Wildman–Crippen LogP) is 7.29. The average molecular weight is 580 g/mol. The molecule has 0 spiro atoms. The fourth-order valence-electron chi connectivity index (χ4n) is 3.62. The number of nitrogens with one attached hydrogen (secondary N) is 2. The van der Waals surface area contributed by atoms with Gasteiger partial charge in [0.1, 0.15) is 16.0 Å². The minimum Gasteiger partial charge on any atom is -0.396 e. The quantitative estimate of drug-likeness (QED) is 0.219. The second kappa shape index (κ2) is 9.64. The molecule has 12 heteroatoms. The zero-order valence-corrected chi connectivity index (χ0v) is 21.1. The van der Waals surface area contributed by atoms with Crippen molar-refractivity contribution in [3.8, 4) is 0 Å². The number of benzene rings is 3. The lowest BCUT2D eigenvalue weighted by Gasteiger charge is -2.11. The van der Waals surface area contributed by atoms with Gasteiger partial charge in [-0.2, -0.15) is 0 Å². The van der Waals surface area contributed by atoms with Crippen LogP contribution in [0.15, 0.2) is 48.5 Å². The van der Waals surface area contributed by atoms with Crippen LogP contribution in [0.4, 0.5) is 25.8 Å². The maximum Gasteiger partial charge on any atom is 0.257 e. The number of nitrogen functional groups attached to an aromatic ring is 1. The zero-order valence-electron chi connectivity index (χ0n) is 17.3. The molecule has 182 valence electrons. The van der Waals surface area contributed by atoms with Gasteiger partial charge in [-0.3, -0.25) is 9.59 Å². The Balaban J connectivity index is 1.52. The average Bonchev–Trinajstić information content (AvgIpc) is 3.37. The third-order valence-electron chi connectivity index (χ3n) is 5.45. The van der Waals surface area contributed by atoms with Gasteiger partial charge in [0, 0.05) is 23.7 Å². The summed E-state index contributed by atoms with van der Waals surface area (Å²) < 4.78 is 26.4. The largest absolute Gasteiger partial charge is 0.396 e. The van der Waals surface area contributed by atoms with Gasteiger partial charge in [-0.05, 0) is 35.9 Å². The summed E-state index contributed by atoms with van der Waals surface area (Å²) in [4.78, 5) is 25.6. The summed E-state index contributed by atoms with van der Waals surface area (Å²) in [6.07, 6.45) is 0. The fraction of sp³-hybridized carbons (Fsp3) is 0.130. The van der Waals surface area contributed by atoms with E-state index in [1.807, 2.05) is 0 Å². The van der Waals surface area contributed by atoms with Gasteiger partial charge in [0.25, 0.3) is 5.91 Å². The summed E-state index contributed by atoms with van der Waals surface area (Å²) in [5.41, 5.74) is 5.23. The van der Waals surface area contributed by atoms with E-state index < -0.39 is 51.0 Å². The molecule has 4 N–H and O–H groups in total. The van der Waals surface area contributed by atoms with Crippen molar-refractivity contribution >= 4 is 86.9 Å². The maximum absolute atomic E-state index is 14.1. The summed E-state index contributed by atoms with van der Waals surface area (Å²) in [7, 11) is 0. The smallest absolute Gasteiger partial charge is 0.257 e. The van der Waals surface area contributed by atoms with E-state index in [1.165, 1.54) is 18.2 Å². The van der Waals surface area contributed by atoms with E-state index in [-0.39, 0.29) is 16.3 Å². The molecule has 0 heterocycles. The Hall–Kier alpha value is -2.29. The highest BCUT2D eigenvalue weighted by Crippen LogP contribution is 2.65. The van der Waals surface area contributed by atoms with Crippen molar-refractivity contribution in [2.45, 2.75) is 10.3 Å². The Morgan fingerprint density at radius 3 is 2.23 bits per heavy atom. The van der Waals surface area contributed by atoms with Crippen LogP contribution in [0.1, 0.15) is 21.8 Å². The Morgan fingerprint density at radius 1 is 0.857 bits per heavy atom. The number of amides is 2. The number of carbonyl (C=O) groups excluding carboxylic acids is 2. The topological polar surface area (TPSA) is 84.2 Å². The zero-order chi connectivity index (χ0) is 25.7. The van der Waals surface area contributed by atoms with Crippen LogP contribution in [0.2, 0.25) is 15.1 Å². The van der Waals surface area contributed by atoms with Gasteiger partial charge in [0.2, 0.25) is 5.91 Å². The first-order chi connectivity index (χ1) is 16.4. The van der Waals surface area contributed by atoms with E-state index >= 15 is 0 Å². The predicted molar refractivity (Wildman–Crippen MR) is 136 cm³/mol. The molecule has 0 aromatic heterocycles. The lowest BCUT2D eigenvalue weighted by molar-refractivity contribution is -0.117. The summed E-state index contributed by atoms with van der Waals surface area (Å²) in [5.74, 6) is -4.53. The lowest BCUT2D eigenvalue weighted by atomic mass is 10.1. The van der Waals surface area contributed by atoms with Gasteiger partial charge in [0.05, 0.1) is 37.9 Å². The standard InChI is InChI=1S/C23H14Cl5F2N3O2/c24-12-4-2-10(6-11(12)21(34)33-18-8-15(29)17(31)7-16(18)30)32-22(35)20-19(23(20,27)28)9-1-3-13(25)14(26)5-9/h1-8,19-20H,31H2,(H,32,35)(H,33,34)/t19-,20+/m0/s1. The second-order valence-corrected chi connectivity index (χ2v) is 10.5. The normalized spacial score (nSPS) is 18.1. The molecule has 35 heavy (non-hydrogen) atoms. The summed E-state index contributed by atoms with van der Waals surface area (Å²) >= 11 is 30.9. The molecule has 1 aliphatic rings. The molecule has 3 aromatic carbocycles. The van der Waals surface area contributed by atoms with Crippen LogP contribution in [-0.4, -0.2) is 16.1 Å². The number of carbonyl (C=O) groups is 2. The van der Waals surface area contributed by atoms with E-state index in [2.05, 4.69) is 10.6 Å². The molecule has 2 atom stereocenters. The molecule has 2 amide bonds. The summed E-state index contributed by atoms with van der Waals surface area (Å²) in [6, 6.07) is 10.4. The first-order valence-electron chi connectivity index (χ1n) is 9.89. The molecule has 0 unspecified atom stereocenters. The van der Waals surface area contributed by atoms with Gasteiger partial charge in [-0.15, -0.1) is 23.2 Å². The molecular formula is C23H14Cl5F2N3O2. The van der Waals surface area contributed by atoms with Crippen molar-refractivity contribution in [3.63, 3.8) is 0 Å². The highest BCUT2D eigenvalue weighted by Gasteiger charge is 2.67. The molecule has 4 rings (SSSR count). The Bertz CT molecular complexity index is 1370. The second-order valence-electron chi connectivity index (χ2n) is 7.79. The summed E-state index contributed by atoms with van der Waals surface area (Å²) in [6.45, 7) is 0. The third-order valence-corrected chi connectivity index (χ3v) is 7.46. The minimum atomic E-state index is -1.38. The van der Waals surface area contributed by atoms with E-state index in [1.54, 1.807) is 18.2 Å². The van der Waals surface area contributed by atoms with Crippen molar-refractivity contribution in [1.29, 1.82) is 0 Å². The van der Waals surface area contributed by atoms with Crippen molar-refractivity contribution in [1.82, 2.24) is 0 Å². The Labute approximate surface area is 223 Å². The van der Waals surface area contributed by atoms with Crippen LogP contribution in [-0.2, 0) is 4.79 Å². The van der Waals surface area contributed by atoms with Gasteiger partial charge < -0.3 is 16.4 Å². The Morgan fingerprint density at radius 2 is 1.54 bits per heavy atom. The molecule has 0 bridgehead atoms. The van der Waals surface area contributed by atoms with Crippen LogP contribution in [0, 0.1) is 17.6 Å². The number of alkyl halides is 2. The van der Waals surface area contributed by atoms with Crippen LogP contribution < -0.4 is 16.4 Å². The van der Waals surface area contributed by atoms with E-state index in [9.17, 15) is 18.4 Å². The molecule has 0 saturated heterocycles. The molecule has 3 aromatic rings. The molecule has 0 aliphatic heterocycles. The van der Waals surface area contributed by atoms with Crippen molar-refractivity contribution in [2.24, 2.45) is 5.92 Å². The fourth-order valence-corrected chi connectivity index (χ4v) is 4.96. The number of hydrogen-bond donors (Lipinski definition) is 3. The number of hydrogen-bond acceptors (Lipinski definition) is 3. The van der Waals surface area contributed by atoms with Crippen molar-refractivity contribution in [2.75, 3.05) is 16.4 Å². The molecule has 1 aliphatic carbocycles. The maximum atomic E-state index is 14.1. The van der Waals surface area contributed by atoms with E-state index in [0.717, 1.165) is 12.1 Å². The Kier molecular flexibility index (Phi) is 7.10. The van der Waals surface area contributed by atoms with Gasteiger partial charge in [0.15, 0.2) is 0 Å². The third kappa shape index (κ3) is 5.15. The van der Waals surface area contributed by atoms with Crippen LogP contribution in [0.25, 0.3) is 0 Å². The highest BCUT2D eigenvalue weighted by molar-refractivity contribution is 6.53. The number of halogens is 7. The molecule has 0 radical (unpaired) electrons. The van der Waals surface area contributed by atoms with Gasteiger partial charge >= 0.3 is 0 Å². The van der Waals surface area contributed by atoms with Gasteiger partial charge in [-0.1, -0.05) is 40.9 Å². The first-order valence-corrected chi connectivity index (χ1v) is 11.8. The van der Waals surface area contributed by atoms with Gasteiger partial charge in [-0.25, -0.2) is 8.78 Å². The van der Waals surface area contributed by atoms with Crippen molar-refractivity contribution in [3.05, 3.63) is 86.4 Å². The van der Waals surface area contributed by atoms with E-state index in [0.29, 0.717) is 15.6 Å². The SMILES string of the molecule is Nc1cc(F)c(NC(=O)c2cc(NC(=O)[C@H]3[C@H](c4ccc(Cl)c(Cl)c4)C3(Cl)Cl)ccc2Cl)cc1F. The lowest BCUT2D eigenvalue weighted by Crippen LogP contribution is -2.18. The first kappa shape index (κ1) is 25.8. The molecule has 5 nitrogen and oxygen atoms in total. The highest BCUT2D eigenvalue weighted by atomic mass is 35.5. The molecule has 1 saturated carbocycles. The number of rotatable bonds is 5. The molecular weight excluding hydrogens is 566 g/mol. The van der Waals surface area contributed by atoms with Crippen LogP contribution in [0.3, 0.4) is 0 Å². The summed E-state index contributed by atoms with van der Waals surface area (Å²) in [5, 5.41) is 5.53. The number of anilines is 3. The molecule has 1 fully saturated rings. The van der Waals surface area contributed by atoms with E-state index in [4.69, 9.17) is 63.7 Å². The van der Waals surface area contributed by atoms with Crippen molar-refractivity contribution < 1.29 is 18.4 Å². The number of nitrogens with two attached hydrogens (primary N) is 1. The minimum absolute atomic E-state index is 0.0148.